The van der Waals surface area contributed by atoms with Gasteiger partial charge in [0.05, 0.1) is 24.9 Å². The number of hydrogen-bond acceptors (Lipinski definition) is 5. The standard InChI is InChI=1S/C31H42O5/c1-3-12-25(13-4-2)23-36-31(35)17-11-6-5-10-16-27-28(30(34)22-29(27)33)21-20-26(32)19-18-24-14-8-7-9-15-24/h1-2,5,7-10,14-15,25-30,32-34H,6,11-13,16-23H2/t26-,27+,28+,29-,30+/m0/s1. The van der Waals surface area contributed by atoms with Gasteiger partial charge in [-0.15, -0.1) is 24.7 Å². The SMILES string of the molecule is C#CCC(CC#C)COC(=O)CCCC=CC[C@@H]1[C@@H](CC[C@@H](O)CCc2ccccc2)[C@H](O)C[C@@H]1O. The Hall–Kier alpha value is -2.57. The van der Waals surface area contributed by atoms with Crippen LogP contribution >= 0.6 is 0 Å². The zero-order valence-electron chi connectivity index (χ0n) is 21.3. The second kappa shape index (κ2) is 17.0. The van der Waals surface area contributed by atoms with Crippen LogP contribution in [0.15, 0.2) is 42.5 Å². The van der Waals surface area contributed by atoms with Crippen molar-refractivity contribution in [3.63, 3.8) is 0 Å². The third-order valence-corrected chi connectivity index (χ3v) is 7.08. The van der Waals surface area contributed by atoms with Crippen molar-refractivity contribution in [2.75, 3.05) is 6.61 Å². The second-order valence-corrected chi connectivity index (χ2v) is 9.92. The van der Waals surface area contributed by atoms with Gasteiger partial charge in [0.25, 0.3) is 0 Å². The maximum Gasteiger partial charge on any atom is 0.305 e. The first-order chi connectivity index (χ1) is 17.4. The van der Waals surface area contributed by atoms with E-state index in [9.17, 15) is 20.1 Å². The minimum atomic E-state index is -0.540. The Morgan fingerprint density at radius 2 is 1.75 bits per heavy atom. The van der Waals surface area contributed by atoms with E-state index in [0.29, 0.717) is 57.8 Å². The molecule has 1 fully saturated rings. The van der Waals surface area contributed by atoms with E-state index >= 15 is 0 Å². The van der Waals surface area contributed by atoms with E-state index < -0.39 is 18.3 Å². The molecule has 5 nitrogen and oxygen atoms in total. The molecule has 1 aromatic carbocycles. The number of benzene rings is 1. The number of aryl methyl sites for hydroxylation is 1. The Balaban J connectivity index is 1.66. The van der Waals surface area contributed by atoms with E-state index in [0.717, 1.165) is 12.8 Å². The molecule has 1 saturated carbocycles. The number of carbonyl (C=O) groups is 1. The lowest BCUT2D eigenvalue weighted by Gasteiger charge is -2.23. The number of unbranched alkanes of at least 4 members (excludes halogenated alkanes) is 1. The fourth-order valence-corrected chi connectivity index (χ4v) is 4.95. The van der Waals surface area contributed by atoms with E-state index in [-0.39, 0.29) is 30.3 Å². The van der Waals surface area contributed by atoms with Crippen molar-refractivity contribution in [2.24, 2.45) is 17.8 Å². The van der Waals surface area contributed by atoms with Gasteiger partial charge in [0, 0.05) is 25.2 Å². The molecule has 0 aliphatic heterocycles. The monoisotopic (exact) mass is 494 g/mol. The van der Waals surface area contributed by atoms with E-state index in [4.69, 9.17) is 17.6 Å². The predicted molar refractivity (Wildman–Crippen MR) is 143 cm³/mol. The number of ether oxygens (including phenoxy) is 1. The van der Waals surface area contributed by atoms with Crippen molar-refractivity contribution in [1.82, 2.24) is 0 Å². The topological polar surface area (TPSA) is 87.0 Å². The molecule has 196 valence electrons. The van der Waals surface area contributed by atoms with E-state index in [1.807, 2.05) is 30.4 Å². The fourth-order valence-electron chi connectivity index (χ4n) is 4.95. The summed E-state index contributed by atoms with van der Waals surface area (Å²) in [6.45, 7) is 0.257. The van der Waals surface area contributed by atoms with Gasteiger partial charge in [0.1, 0.15) is 0 Å². The lowest BCUT2D eigenvalue weighted by atomic mass is 9.85. The van der Waals surface area contributed by atoms with Crippen LogP contribution in [-0.4, -0.2) is 46.2 Å². The van der Waals surface area contributed by atoms with Crippen molar-refractivity contribution in [2.45, 2.75) is 88.9 Å². The number of aliphatic hydroxyl groups excluding tert-OH is 3. The lowest BCUT2D eigenvalue weighted by molar-refractivity contribution is -0.145. The van der Waals surface area contributed by atoms with Crippen molar-refractivity contribution >= 4 is 5.97 Å². The Morgan fingerprint density at radius 1 is 1.06 bits per heavy atom. The van der Waals surface area contributed by atoms with E-state index in [1.165, 1.54) is 5.56 Å². The van der Waals surface area contributed by atoms with Crippen LogP contribution in [0.3, 0.4) is 0 Å². The van der Waals surface area contributed by atoms with Gasteiger partial charge in [-0.1, -0.05) is 42.5 Å². The molecule has 36 heavy (non-hydrogen) atoms. The molecule has 0 aromatic heterocycles. The van der Waals surface area contributed by atoms with Gasteiger partial charge >= 0.3 is 5.97 Å². The molecule has 5 heteroatoms. The van der Waals surface area contributed by atoms with Gasteiger partial charge in [-0.05, 0) is 68.8 Å². The summed E-state index contributed by atoms with van der Waals surface area (Å²) < 4.78 is 5.29. The van der Waals surface area contributed by atoms with Crippen LogP contribution < -0.4 is 0 Å². The molecule has 1 aliphatic carbocycles. The molecular weight excluding hydrogens is 452 g/mol. The van der Waals surface area contributed by atoms with Crippen LogP contribution in [0.2, 0.25) is 0 Å². The minimum absolute atomic E-state index is 0.00922. The highest BCUT2D eigenvalue weighted by Crippen LogP contribution is 2.38. The normalized spacial score (nSPS) is 22.4. The average molecular weight is 495 g/mol. The molecule has 1 aliphatic rings. The number of allylic oxidation sites excluding steroid dienone is 2. The molecule has 0 unspecified atom stereocenters. The number of terminal acetylenes is 2. The summed E-state index contributed by atoms with van der Waals surface area (Å²) in [6, 6.07) is 10.1. The zero-order chi connectivity index (χ0) is 26.2. The Bertz CT molecular complexity index is 849. The molecule has 3 N–H and O–H groups in total. The molecule has 0 bridgehead atoms. The molecule has 0 radical (unpaired) electrons. The number of hydrogen-bond donors (Lipinski definition) is 3. The third kappa shape index (κ3) is 11.0. The van der Waals surface area contributed by atoms with Crippen molar-refractivity contribution in [3.05, 3.63) is 48.0 Å². The van der Waals surface area contributed by atoms with Gasteiger partial charge in [-0.25, -0.2) is 0 Å². The van der Waals surface area contributed by atoms with Crippen LogP contribution in [0.5, 0.6) is 0 Å². The molecular formula is C31H42O5. The van der Waals surface area contributed by atoms with Crippen molar-refractivity contribution < 1.29 is 24.9 Å². The van der Waals surface area contributed by atoms with Crippen LogP contribution in [0, 0.1) is 42.4 Å². The Kier molecular flexibility index (Phi) is 14.0. The summed E-state index contributed by atoms with van der Waals surface area (Å²) in [5, 5.41) is 31.4. The van der Waals surface area contributed by atoms with Gasteiger partial charge < -0.3 is 20.1 Å². The summed E-state index contributed by atoms with van der Waals surface area (Å²) in [5.41, 5.74) is 1.21. The highest BCUT2D eigenvalue weighted by Gasteiger charge is 2.40. The number of esters is 1. The maximum absolute atomic E-state index is 11.9. The summed E-state index contributed by atoms with van der Waals surface area (Å²) in [7, 11) is 0. The van der Waals surface area contributed by atoms with Gasteiger partial charge in [0.2, 0.25) is 0 Å². The first kappa shape index (κ1) is 29.7. The largest absolute Gasteiger partial charge is 0.465 e. The first-order valence-corrected chi connectivity index (χ1v) is 13.2. The van der Waals surface area contributed by atoms with Crippen molar-refractivity contribution in [3.8, 4) is 24.7 Å². The average Bonchev–Trinajstić information content (AvgIpc) is 3.14. The minimum Gasteiger partial charge on any atom is -0.465 e. The molecule has 5 atom stereocenters. The second-order valence-electron chi connectivity index (χ2n) is 9.92. The summed E-state index contributed by atoms with van der Waals surface area (Å²) in [5.74, 6) is 4.83. The Labute approximate surface area is 217 Å². The molecule has 2 rings (SSSR count). The van der Waals surface area contributed by atoms with Crippen LogP contribution in [0.1, 0.15) is 69.8 Å². The quantitative estimate of drug-likeness (QED) is 0.137. The molecule has 0 saturated heterocycles. The lowest BCUT2D eigenvalue weighted by Crippen LogP contribution is -2.23. The maximum atomic E-state index is 11.9. The van der Waals surface area contributed by atoms with Crippen LogP contribution in [-0.2, 0) is 16.0 Å². The van der Waals surface area contributed by atoms with Crippen LogP contribution in [0.4, 0.5) is 0 Å². The predicted octanol–water partition coefficient (Wildman–Crippen LogP) is 4.44. The third-order valence-electron chi connectivity index (χ3n) is 7.08. The summed E-state index contributed by atoms with van der Waals surface area (Å²) in [4.78, 5) is 11.9. The van der Waals surface area contributed by atoms with Gasteiger partial charge in [-0.3, -0.25) is 4.79 Å². The highest BCUT2D eigenvalue weighted by atomic mass is 16.5. The molecule has 0 spiro atoms. The molecule has 0 heterocycles. The number of carbonyl (C=O) groups excluding carboxylic acids is 1. The smallest absolute Gasteiger partial charge is 0.305 e. The zero-order valence-corrected chi connectivity index (χ0v) is 21.3. The summed E-state index contributed by atoms with van der Waals surface area (Å²) in [6.07, 6.45) is 19.8. The van der Waals surface area contributed by atoms with E-state index in [1.54, 1.807) is 0 Å². The summed E-state index contributed by atoms with van der Waals surface area (Å²) >= 11 is 0. The highest BCUT2D eigenvalue weighted by molar-refractivity contribution is 5.69. The molecule has 0 amide bonds. The van der Waals surface area contributed by atoms with Gasteiger partial charge in [0.15, 0.2) is 0 Å². The fraction of sp³-hybridized carbons (Fsp3) is 0.581. The van der Waals surface area contributed by atoms with Crippen LogP contribution in [0.25, 0.3) is 0 Å². The number of aliphatic hydroxyl groups is 3. The van der Waals surface area contributed by atoms with Gasteiger partial charge in [-0.2, -0.15) is 0 Å². The first-order valence-electron chi connectivity index (χ1n) is 13.2. The number of rotatable bonds is 16. The Morgan fingerprint density at radius 3 is 2.44 bits per heavy atom. The van der Waals surface area contributed by atoms with E-state index in [2.05, 4.69) is 24.0 Å². The molecule has 1 aromatic rings. The van der Waals surface area contributed by atoms with Crippen molar-refractivity contribution in [1.29, 1.82) is 0 Å².